The van der Waals surface area contributed by atoms with Crippen LogP contribution in [0.4, 0.5) is 11.4 Å². The first-order valence-corrected chi connectivity index (χ1v) is 4.71. The average Bonchev–Trinajstić information content (AvgIpc) is 2.15. The number of Topliss-reactive ketones (excluding diaryl/α,β-unsaturated/α-hetero) is 1. The van der Waals surface area contributed by atoms with Gasteiger partial charge in [0.05, 0.1) is 15.8 Å². The van der Waals surface area contributed by atoms with Crippen molar-refractivity contribution in [3.63, 3.8) is 0 Å². The van der Waals surface area contributed by atoms with Gasteiger partial charge in [0, 0.05) is 11.8 Å². The lowest BCUT2D eigenvalue weighted by molar-refractivity contribution is -0.385. The van der Waals surface area contributed by atoms with Crippen molar-refractivity contribution in [1.82, 2.24) is 0 Å². The molecule has 5 nitrogen and oxygen atoms in total. The summed E-state index contributed by atoms with van der Waals surface area (Å²) in [6.45, 7) is 0. The number of nitrogen functional groups attached to an aromatic ring is 1. The van der Waals surface area contributed by atoms with E-state index < -0.39 is 16.4 Å². The quantitative estimate of drug-likeness (QED) is 0.292. The Morgan fingerprint density at radius 3 is 2.60 bits per heavy atom. The third-order valence-corrected chi connectivity index (χ3v) is 2.23. The van der Waals surface area contributed by atoms with E-state index in [9.17, 15) is 14.9 Å². The molecule has 0 aromatic heterocycles. The van der Waals surface area contributed by atoms with Gasteiger partial charge in [-0.2, -0.15) is 0 Å². The Hall–Kier alpha value is -1.33. The highest BCUT2D eigenvalue weighted by molar-refractivity contribution is 6.38. The van der Waals surface area contributed by atoms with Crippen LogP contribution < -0.4 is 5.73 Å². The predicted molar refractivity (Wildman–Crippen MR) is 57.6 cm³/mol. The molecule has 0 unspecified atom stereocenters. The van der Waals surface area contributed by atoms with Crippen LogP contribution in [0.5, 0.6) is 0 Å². The van der Waals surface area contributed by atoms with Gasteiger partial charge in [-0.3, -0.25) is 14.9 Å². The Bertz CT molecular complexity index is 434. The molecule has 0 saturated heterocycles. The van der Waals surface area contributed by atoms with Gasteiger partial charge in [-0.05, 0) is 6.07 Å². The van der Waals surface area contributed by atoms with Crippen LogP contribution in [-0.4, -0.2) is 16.6 Å². The number of nitrogens with zero attached hydrogens (tertiary/aromatic N) is 1. The Balaban J connectivity index is 3.46. The molecule has 1 rings (SSSR count). The molecule has 0 amide bonds. The molecule has 1 aromatic rings. The number of nitro benzene ring substituents is 1. The van der Waals surface area contributed by atoms with Gasteiger partial charge in [-0.1, -0.05) is 11.6 Å². The summed E-state index contributed by atoms with van der Waals surface area (Å²) in [4.78, 5) is 21.2. The van der Waals surface area contributed by atoms with Crippen LogP contribution >= 0.6 is 23.2 Å². The zero-order chi connectivity index (χ0) is 11.6. The zero-order valence-electron chi connectivity index (χ0n) is 7.37. The SMILES string of the molecule is Nc1cc(Cl)c(C(=O)CCl)c([N+](=O)[O-])c1. The smallest absolute Gasteiger partial charge is 0.283 e. The fourth-order valence-corrected chi connectivity index (χ4v) is 1.56. The number of rotatable bonds is 3. The molecule has 2 N–H and O–H groups in total. The first kappa shape index (κ1) is 11.7. The fourth-order valence-electron chi connectivity index (χ4n) is 1.10. The van der Waals surface area contributed by atoms with Gasteiger partial charge in [0.15, 0.2) is 5.78 Å². The van der Waals surface area contributed by atoms with Crippen LogP contribution in [0.3, 0.4) is 0 Å². The van der Waals surface area contributed by atoms with E-state index in [1.807, 2.05) is 0 Å². The molecule has 0 aliphatic carbocycles. The normalized spacial score (nSPS) is 10.0. The molecule has 0 bridgehead atoms. The minimum atomic E-state index is -0.720. The summed E-state index contributed by atoms with van der Waals surface area (Å²) >= 11 is 11.0. The molecule has 0 aliphatic heterocycles. The fraction of sp³-hybridized carbons (Fsp3) is 0.125. The molecule has 0 aliphatic rings. The maximum absolute atomic E-state index is 11.3. The number of hydrogen-bond acceptors (Lipinski definition) is 4. The van der Waals surface area contributed by atoms with Crippen molar-refractivity contribution in [3.05, 3.63) is 32.8 Å². The number of ketones is 1. The molecular weight excluding hydrogens is 243 g/mol. The summed E-state index contributed by atoms with van der Waals surface area (Å²) in [6.07, 6.45) is 0. The van der Waals surface area contributed by atoms with Gasteiger partial charge < -0.3 is 5.73 Å². The van der Waals surface area contributed by atoms with Crippen molar-refractivity contribution in [3.8, 4) is 0 Å². The van der Waals surface area contributed by atoms with Crippen molar-refractivity contribution < 1.29 is 9.72 Å². The Kier molecular flexibility index (Phi) is 3.49. The molecule has 15 heavy (non-hydrogen) atoms. The zero-order valence-corrected chi connectivity index (χ0v) is 8.88. The largest absolute Gasteiger partial charge is 0.398 e. The molecule has 1 aromatic carbocycles. The van der Waals surface area contributed by atoms with E-state index in [2.05, 4.69) is 0 Å². The summed E-state index contributed by atoms with van der Waals surface area (Å²) in [5, 5.41) is 10.6. The monoisotopic (exact) mass is 248 g/mol. The first-order valence-electron chi connectivity index (χ1n) is 3.80. The Morgan fingerprint density at radius 2 is 2.13 bits per heavy atom. The van der Waals surface area contributed by atoms with Crippen LogP contribution in [0.2, 0.25) is 5.02 Å². The minimum Gasteiger partial charge on any atom is -0.398 e. The number of nitro groups is 1. The number of hydrogen-bond donors (Lipinski definition) is 1. The third kappa shape index (κ3) is 2.37. The topological polar surface area (TPSA) is 86.2 Å². The van der Waals surface area contributed by atoms with Crippen LogP contribution in [-0.2, 0) is 0 Å². The predicted octanol–water partition coefficient (Wildman–Crippen LogP) is 2.25. The molecule has 7 heteroatoms. The van der Waals surface area contributed by atoms with Crippen LogP contribution in [0.25, 0.3) is 0 Å². The van der Waals surface area contributed by atoms with E-state index in [-0.39, 0.29) is 22.2 Å². The maximum Gasteiger partial charge on any atom is 0.283 e. The van der Waals surface area contributed by atoms with Crippen LogP contribution in [0.1, 0.15) is 10.4 Å². The Labute approximate surface area is 94.9 Å². The van der Waals surface area contributed by atoms with Crippen molar-refractivity contribution in [2.75, 3.05) is 11.6 Å². The second-order valence-electron chi connectivity index (χ2n) is 2.71. The average molecular weight is 249 g/mol. The van der Waals surface area contributed by atoms with Gasteiger partial charge in [0.25, 0.3) is 5.69 Å². The molecule has 0 spiro atoms. The molecule has 0 saturated carbocycles. The van der Waals surface area contributed by atoms with Crippen molar-refractivity contribution >= 4 is 40.4 Å². The highest BCUT2D eigenvalue weighted by atomic mass is 35.5. The van der Waals surface area contributed by atoms with Crippen molar-refractivity contribution in [1.29, 1.82) is 0 Å². The Morgan fingerprint density at radius 1 is 1.53 bits per heavy atom. The third-order valence-electron chi connectivity index (χ3n) is 1.69. The van der Waals surface area contributed by atoms with Crippen LogP contribution in [0, 0.1) is 10.1 Å². The number of carbonyl (C=O) groups is 1. The summed E-state index contributed by atoms with van der Waals surface area (Å²) in [6, 6.07) is 2.35. The summed E-state index contributed by atoms with van der Waals surface area (Å²) in [5.41, 5.74) is 4.87. The standard InChI is InChI=1S/C8H6Cl2N2O3/c9-3-7(13)8-5(10)1-4(11)2-6(8)12(14)15/h1-2H,3,11H2. The van der Waals surface area contributed by atoms with Crippen molar-refractivity contribution in [2.24, 2.45) is 0 Å². The number of benzene rings is 1. The van der Waals surface area contributed by atoms with Gasteiger partial charge in [-0.25, -0.2) is 0 Å². The molecule has 0 radical (unpaired) electrons. The van der Waals surface area contributed by atoms with E-state index in [0.29, 0.717) is 0 Å². The molecule has 0 heterocycles. The van der Waals surface area contributed by atoms with E-state index in [1.54, 1.807) is 0 Å². The van der Waals surface area contributed by atoms with Crippen LogP contribution in [0.15, 0.2) is 12.1 Å². The van der Waals surface area contributed by atoms with E-state index in [0.717, 1.165) is 6.07 Å². The van der Waals surface area contributed by atoms with Gasteiger partial charge in [0.1, 0.15) is 5.56 Å². The minimum absolute atomic E-state index is 0.0626. The number of anilines is 1. The number of carbonyl (C=O) groups excluding carboxylic acids is 1. The molecule has 0 fully saturated rings. The highest BCUT2D eigenvalue weighted by Crippen LogP contribution is 2.30. The highest BCUT2D eigenvalue weighted by Gasteiger charge is 2.23. The second kappa shape index (κ2) is 4.46. The van der Waals surface area contributed by atoms with Crippen molar-refractivity contribution in [2.45, 2.75) is 0 Å². The lowest BCUT2D eigenvalue weighted by Gasteiger charge is -2.03. The number of halogens is 2. The lowest BCUT2D eigenvalue weighted by atomic mass is 10.1. The summed E-state index contributed by atoms with van der Waals surface area (Å²) in [7, 11) is 0. The van der Waals surface area contributed by atoms with E-state index in [4.69, 9.17) is 28.9 Å². The molecule has 80 valence electrons. The van der Waals surface area contributed by atoms with Gasteiger partial charge >= 0.3 is 0 Å². The van der Waals surface area contributed by atoms with E-state index >= 15 is 0 Å². The summed E-state index contributed by atoms with van der Waals surface area (Å²) < 4.78 is 0. The second-order valence-corrected chi connectivity index (χ2v) is 3.39. The number of nitrogens with two attached hydrogens (primary N) is 1. The van der Waals surface area contributed by atoms with Gasteiger partial charge in [-0.15, -0.1) is 11.6 Å². The number of alkyl halides is 1. The van der Waals surface area contributed by atoms with E-state index in [1.165, 1.54) is 6.07 Å². The maximum atomic E-state index is 11.3. The van der Waals surface area contributed by atoms with Gasteiger partial charge in [0.2, 0.25) is 0 Å². The first-order chi connectivity index (χ1) is 6.97. The molecule has 0 atom stereocenters. The molecular formula is C8H6Cl2N2O3. The summed E-state index contributed by atoms with van der Waals surface area (Å²) in [5.74, 6) is -0.974. The lowest BCUT2D eigenvalue weighted by Crippen LogP contribution is -2.07.